The van der Waals surface area contributed by atoms with Crippen LogP contribution in [-0.2, 0) is 13.2 Å². The van der Waals surface area contributed by atoms with Gasteiger partial charge in [-0.15, -0.1) is 0 Å². The summed E-state index contributed by atoms with van der Waals surface area (Å²) in [4.78, 5) is 23.6. The molecule has 1 aliphatic rings. The van der Waals surface area contributed by atoms with Crippen LogP contribution in [-0.4, -0.2) is 56.7 Å². The summed E-state index contributed by atoms with van der Waals surface area (Å²) in [7, 11) is 3.47. The average molecular weight is 382 g/mol. The van der Waals surface area contributed by atoms with Gasteiger partial charge in [-0.2, -0.15) is 18.3 Å². The zero-order chi connectivity index (χ0) is 19.8. The van der Waals surface area contributed by atoms with Crippen LogP contribution in [0.5, 0.6) is 0 Å². The molecule has 0 saturated carbocycles. The Hall–Kier alpha value is -2.65. The van der Waals surface area contributed by atoms with E-state index in [1.807, 2.05) is 0 Å². The van der Waals surface area contributed by atoms with Crippen molar-refractivity contribution >= 4 is 11.7 Å². The highest BCUT2D eigenvalue weighted by Crippen LogP contribution is 2.30. The number of hydrogen-bond donors (Lipinski definition) is 0. The largest absolute Gasteiger partial charge is 0.433 e. The number of alkyl halides is 3. The maximum Gasteiger partial charge on any atom is 0.433 e. The molecule has 10 heteroatoms. The van der Waals surface area contributed by atoms with Gasteiger partial charge in [0.2, 0.25) is 0 Å². The lowest BCUT2D eigenvalue weighted by atomic mass is 10.0. The number of aryl methyl sites for hydroxylation is 2. The number of carbonyl (C=O) groups excluding carboxylic acids is 1. The van der Waals surface area contributed by atoms with Gasteiger partial charge in [-0.05, 0) is 25.8 Å². The molecule has 0 spiro atoms. The molecule has 0 aliphatic carbocycles. The first-order chi connectivity index (χ1) is 12.6. The third kappa shape index (κ3) is 4.20. The summed E-state index contributed by atoms with van der Waals surface area (Å²) in [5, 5.41) is 4.12. The second-order valence-electron chi connectivity index (χ2n) is 6.67. The predicted octanol–water partition coefficient (Wildman–Crippen LogP) is 2.28. The fraction of sp³-hybridized carbons (Fsp3) is 0.529. The Labute approximate surface area is 154 Å². The molecular formula is C17H21F3N6O. The molecule has 2 aromatic rings. The van der Waals surface area contributed by atoms with Gasteiger partial charge in [0.15, 0.2) is 0 Å². The SMILES string of the molecule is Cc1nc(N2CCC(N(C)C(=O)c3ccn(C)n3)CC2)cc(C(F)(F)F)n1. The van der Waals surface area contributed by atoms with Crippen molar-refractivity contribution in [1.29, 1.82) is 0 Å². The van der Waals surface area contributed by atoms with Gasteiger partial charge in [-0.25, -0.2) is 9.97 Å². The van der Waals surface area contributed by atoms with Crippen LogP contribution < -0.4 is 4.90 Å². The van der Waals surface area contributed by atoms with E-state index in [2.05, 4.69) is 15.1 Å². The first-order valence-electron chi connectivity index (χ1n) is 8.60. The number of anilines is 1. The van der Waals surface area contributed by atoms with Crippen molar-refractivity contribution in [1.82, 2.24) is 24.6 Å². The summed E-state index contributed by atoms with van der Waals surface area (Å²) in [6.07, 6.45) is -1.52. The molecule has 27 heavy (non-hydrogen) atoms. The molecular weight excluding hydrogens is 361 g/mol. The lowest BCUT2D eigenvalue weighted by Gasteiger charge is -2.37. The molecule has 7 nitrogen and oxygen atoms in total. The molecule has 1 saturated heterocycles. The lowest BCUT2D eigenvalue weighted by Crippen LogP contribution is -2.46. The smallest absolute Gasteiger partial charge is 0.356 e. The van der Waals surface area contributed by atoms with Crippen molar-refractivity contribution < 1.29 is 18.0 Å². The number of rotatable bonds is 3. The van der Waals surface area contributed by atoms with Gasteiger partial charge in [-0.3, -0.25) is 9.48 Å². The minimum absolute atomic E-state index is 0.000719. The molecule has 0 bridgehead atoms. The first-order valence-corrected chi connectivity index (χ1v) is 8.60. The maximum atomic E-state index is 13.0. The summed E-state index contributed by atoms with van der Waals surface area (Å²) < 4.78 is 40.5. The zero-order valence-electron chi connectivity index (χ0n) is 15.4. The third-order valence-electron chi connectivity index (χ3n) is 4.70. The average Bonchev–Trinajstić information content (AvgIpc) is 3.06. The van der Waals surface area contributed by atoms with Gasteiger partial charge < -0.3 is 9.80 Å². The summed E-state index contributed by atoms with van der Waals surface area (Å²) in [5.41, 5.74) is -0.557. The standard InChI is InChI=1S/C17H21F3N6O/c1-11-21-14(17(18,19)20)10-15(22-11)26-8-4-12(5-9-26)25(3)16(27)13-6-7-24(2)23-13/h6-7,10,12H,4-5,8-9H2,1-3H3. The Bertz CT molecular complexity index is 826. The van der Waals surface area contributed by atoms with Gasteiger partial charge in [0, 0.05) is 45.5 Å². The van der Waals surface area contributed by atoms with Crippen molar-refractivity contribution in [3.63, 3.8) is 0 Å². The molecule has 1 amide bonds. The van der Waals surface area contributed by atoms with E-state index >= 15 is 0 Å². The molecule has 3 rings (SSSR count). The highest BCUT2D eigenvalue weighted by Gasteiger charge is 2.34. The highest BCUT2D eigenvalue weighted by molar-refractivity contribution is 5.92. The molecule has 0 radical (unpaired) electrons. The van der Waals surface area contributed by atoms with E-state index in [9.17, 15) is 18.0 Å². The fourth-order valence-electron chi connectivity index (χ4n) is 3.22. The van der Waals surface area contributed by atoms with Gasteiger partial charge in [0.25, 0.3) is 5.91 Å². The van der Waals surface area contributed by atoms with Crippen LogP contribution >= 0.6 is 0 Å². The number of carbonyl (C=O) groups is 1. The minimum Gasteiger partial charge on any atom is -0.356 e. The summed E-state index contributed by atoms with van der Waals surface area (Å²) in [6, 6.07) is 2.65. The second kappa shape index (κ2) is 7.16. The van der Waals surface area contributed by atoms with E-state index in [-0.39, 0.29) is 23.6 Å². The molecule has 3 heterocycles. The minimum atomic E-state index is -4.50. The molecule has 0 atom stereocenters. The Morgan fingerprint density at radius 2 is 1.93 bits per heavy atom. The summed E-state index contributed by atoms with van der Waals surface area (Å²) in [6.45, 7) is 2.47. The molecule has 0 N–H and O–H groups in total. The third-order valence-corrected chi connectivity index (χ3v) is 4.70. The molecule has 0 aromatic carbocycles. The van der Waals surface area contributed by atoms with Crippen molar-refractivity contribution in [2.45, 2.75) is 32.0 Å². The Kier molecular flexibility index (Phi) is 5.07. The number of hydrogen-bond acceptors (Lipinski definition) is 5. The molecule has 0 unspecified atom stereocenters. The van der Waals surface area contributed by atoms with Gasteiger partial charge in [0.1, 0.15) is 23.0 Å². The van der Waals surface area contributed by atoms with Crippen LogP contribution in [0, 0.1) is 6.92 Å². The van der Waals surface area contributed by atoms with Crippen LogP contribution in [0.2, 0.25) is 0 Å². The highest BCUT2D eigenvalue weighted by atomic mass is 19.4. The van der Waals surface area contributed by atoms with E-state index in [0.717, 1.165) is 6.07 Å². The number of piperidine rings is 1. The van der Waals surface area contributed by atoms with Crippen molar-refractivity contribution in [3.05, 3.63) is 35.5 Å². The molecule has 1 fully saturated rings. The topological polar surface area (TPSA) is 67.2 Å². The molecule has 1 aliphatic heterocycles. The van der Waals surface area contributed by atoms with Gasteiger partial charge >= 0.3 is 6.18 Å². The van der Waals surface area contributed by atoms with Crippen LogP contribution in [0.25, 0.3) is 0 Å². The number of nitrogens with zero attached hydrogens (tertiary/aromatic N) is 6. The van der Waals surface area contributed by atoms with Crippen LogP contribution in [0.15, 0.2) is 18.3 Å². The van der Waals surface area contributed by atoms with Crippen molar-refractivity contribution in [3.8, 4) is 0 Å². The summed E-state index contributed by atoms with van der Waals surface area (Å²) >= 11 is 0. The second-order valence-corrected chi connectivity index (χ2v) is 6.67. The van der Waals surface area contributed by atoms with Crippen molar-refractivity contribution in [2.75, 3.05) is 25.0 Å². The Balaban J connectivity index is 1.67. The Morgan fingerprint density at radius 1 is 1.26 bits per heavy atom. The van der Waals surface area contributed by atoms with E-state index in [1.165, 1.54) is 6.92 Å². The van der Waals surface area contributed by atoms with E-state index < -0.39 is 11.9 Å². The fourth-order valence-corrected chi connectivity index (χ4v) is 3.22. The van der Waals surface area contributed by atoms with Gasteiger partial charge in [-0.1, -0.05) is 0 Å². The lowest BCUT2D eigenvalue weighted by molar-refractivity contribution is -0.141. The number of amides is 1. The molecule has 2 aromatic heterocycles. The van der Waals surface area contributed by atoms with E-state index in [1.54, 1.807) is 40.8 Å². The van der Waals surface area contributed by atoms with E-state index in [0.29, 0.717) is 31.6 Å². The van der Waals surface area contributed by atoms with Crippen LogP contribution in [0.3, 0.4) is 0 Å². The monoisotopic (exact) mass is 382 g/mol. The van der Waals surface area contributed by atoms with Crippen molar-refractivity contribution in [2.24, 2.45) is 7.05 Å². The zero-order valence-corrected chi connectivity index (χ0v) is 15.4. The van der Waals surface area contributed by atoms with Crippen LogP contribution in [0.4, 0.5) is 19.0 Å². The molecule has 146 valence electrons. The van der Waals surface area contributed by atoms with Gasteiger partial charge in [0.05, 0.1) is 0 Å². The normalized spacial score (nSPS) is 15.9. The Morgan fingerprint density at radius 3 is 2.48 bits per heavy atom. The predicted molar refractivity (Wildman–Crippen MR) is 92.3 cm³/mol. The number of aromatic nitrogens is 4. The maximum absolute atomic E-state index is 13.0. The van der Waals surface area contributed by atoms with Crippen LogP contribution in [0.1, 0.15) is 34.8 Å². The van der Waals surface area contributed by atoms with E-state index in [4.69, 9.17) is 0 Å². The summed E-state index contributed by atoms with van der Waals surface area (Å²) in [5.74, 6) is 0.197. The quantitative estimate of drug-likeness (QED) is 0.815. The number of halogens is 3. The first kappa shape index (κ1) is 19.1.